The van der Waals surface area contributed by atoms with Crippen LogP contribution < -0.4 is 0 Å². The molecule has 0 aliphatic carbocycles. The average molecular weight is 212 g/mol. The molecule has 2 N–H and O–H groups in total. The van der Waals surface area contributed by atoms with Crippen molar-refractivity contribution in [2.45, 2.75) is 6.92 Å². The standard InChI is InChI=1S/C12H22N2.H2O/c1-7-8-11(2)12(3)14(6)10-9-13(4)5;/h7-8H,1,3,9-10H2,2,4-6H3;1H2/b11-8-;. The van der Waals surface area contributed by atoms with Gasteiger partial charge >= 0.3 is 0 Å². The van der Waals surface area contributed by atoms with Crippen LogP contribution in [0.2, 0.25) is 0 Å². The summed E-state index contributed by atoms with van der Waals surface area (Å²) in [7, 11) is 6.21. The molecule has 0 saturated carbocycles. The third-order valence-corrected chi connectivity index (χ3v) is 2.17. The number of hydrogen-bond acceptors (Lipinski definition) is 2. The van der Waals surface area contributed by atoms with E-state index in [0.29, 0.717) is 0 Å². The fourth-order valence-electron chi connectivity index (χ4n) is 1.06. The molecule has 0 fully saturated rings. The molecule has 3 heteroatoms. The molecule has 0 spiro atoms. The average Bonchev–Trinajstić information content (AvgIpc) is 2.13. The van der Waals surface area contributed by atoms with Gasteiger partial charge in [-0.25, -0.2) is 0 Å². The molecule has 0 aliphatic rings. The van der Waals surface area contributed by atoms with E-state index in [1.54, 1.807) is 6.08 Å². The minimum atomic E-state index is 0. The summed E-state index contributed by atoms with van der Waals surface area (Å²) in [5.41, 5.74) is 2.23. The predicted octanol–water partition coefficient (Wildman–Crippen LogP) is 1.30. The molecule has 0 rings (SSSR count). The highest BCUT2D eigenvalue weighted by atomic mass is 16.0. The molecule has 0 atom stereocenters. The fraction of sp³-hybridized carbons (Fsp3) is 0.500. The summed E-state index contributed by atoms with van der Waals surface area (Å²) in [5, 5.41) is 0. The van der Waals surface area contributed by atoms with E-state index in [4.69, 9.17) is 0 Å². The monoisotopic (exact) mass is 212 g/mol. The van der Waals surface area contributed by atoms with E-state index in [2.05, 4.69) is 51.0 Å². The predicted molar refractivity (Wildman–Crippen MR) is 67.9 cm³/mol. The van der Waals surface area contributed by atoms with E-state index in [-0.39, 0.29) is 5.48 Å². The lowest BCUT2D eigenvalue weighted by Gasteiger charge is -2.23. The van der Waals surface area contributed by atoms with Crippen LogP contribution in [0.4, 0.5) is 0 Å². The van der Waals surface area contributed by atoms with Gasteiger partial charge in [-0.3, -0.25) is 0 Å². The lowest BCUT2D eigenvalue weighted by atomic mass is 10.2. The molecule has 88 valence electrons. The lowest BCUT2D eigenvalue weighted by Crippen LogP contribution is -2.28. The second kappa shape index (κ2) is 8.26. The number of rotatable bonds is 6. The van der Waals surface area contributed by atoms with Gasteiger partial charge in [-0.05, 0) is 26.6 Å². The molecule has 3 nitrogen and oxygen atoms in total. The molecular formula is C12H24N2O. The summed E-state index contributed by atoms with van der Waals surface area (Å²) < 4.78 is 0. The van der Waals surface area contributed by atoms with Crippen LogP contribution in [0, 0.1) is 0 Å². The van der Waals surface area contributed by atoms with Crippen molar-refractivity contribution in [1.82, 2.24) is 9.80 Å². The SMILES string of the molecule is C=C/C=C(/C)C(=C)N(C)CCN(C)C.O. The Morgan fingerprint density at radius 1 is 1.20 bits per heavy atom. The van der Waals surface area contributed by atoms with Crippen molar-refractivity contribution in [3.63, 3.8) is 0 Å². The van der Waals surface area contributed by atoms with Gasteiger partial charge in [-0.15, -0.1) is 0 Å². The Bertz CT molecular complexity index is 232. The Labute approximate surface area is 93.7 Å². The highest BCUT2D eigenvalue weighted by molar-refractivity contribution is 5.27. The van der Waals surface area contributed by atoms with E-state index in [1.807, 2.05) is 6.08 Å². The van der Waals surface area contributed by atoms with Crippen molar-refractivity contribution in [2.75, 3.05) is 34.2 Å². The first-order valence-corrected chi connectivity index (χ1v) is 4.83. The Kier molecular flexibility index (Phi) is 9.02. The zero-order chi connectivity index (χ0) is 11.1. The van der Waals surface area contributed by atoms with E-state index in [1.165, 1.54) is 5.57 Å². The molecule has 0 aliphatic heterocycles. The van der Waals surface area contributed by atoms with Gasteiger partial charge in [0.15, 0.2) is 0 Å². The van der Waals surface area contributed by atoms with Crippen LogP contribution in [-0.4, -0.2) is 49.5 Å². The molecule has 0 saturated heterocycles. The van der Waals surface area contributed by atoms with Gasteiger partial charge in [-0.1, -0.05) is 25.3 Å². The summed E-state index contributed by atoms with van der Waals surface area (Å²) in [4.78, 5) is 4.33. The van der Waals surface area contributed by atoms with Crippen molar-refractivity contribution >= 4 is 0 Å². The van der Waals surface area contributed by atoms with Gasteiger partial charge in [0.2, 0.25) is 0 Å². The molecule has 0 aromatic heterocycles. The zero-order valence-corrected chi connectivity index (χ0v) is 10.4. The first-order valence-electron chi connectivity index (χ1n) is 4.83. The second-order valence-corrected chi connectivity index (χ2v) is 3.76. The molecule has 0 unspecified atom stereocenters. The molecule has 0 amide bonds. The summed E-state index contributed by atoms with van der Waals surface area (Å²) >= 11 is 0. The third-order valence-electron chi connectivity index (χ3n) is 2.17. The molecule has 0 aromatic carbocycles. The van der Waals surface area contributed by atoms with E-state index >= 15 is 0 Å². The first-order chi connectivity index (χ1) is 6.49. The topological polar surface area (TPSA) is 38.0 Å². The second-order valence-electron chi connectivity index (χ2n) is 3.76. The normalized spacial score (nSPS) is 10.9. The van der Waals surface area contributed by atoms with Crippen molar-refractivity contribution < 1.29 is 5.48 Å². The van der Waals surface area contributed by atoms with Gasteiger partial charge in [0, 0.05) is 25.8 Å². The largest absolute Gasteiger partial charge is 0.412 e. The highest BCUT2D eigenvalue weighted by Gasteiger charge is 2.03. The van der Waals surface area contributed by atoms with Gasteiger partial charge < -0.3 is 15.3 Å². The maximum Gasteiger partial charge on any atom is 0.0320 e. The quantitative estimate of drug-likeness (QED) is 0.622. The zero-order valence-electron chi connectivity index (χ0n) is 10.4. The molecule has 0 radical (unpaired) electrons. The molecule has 15 heavy (non-hydrogen) atoms. The first kappa shape index (κ1) is 16.4. The Morgan fingerprint density at radius 3 is 2.13 bits per heavy atom. The number of hydrogen-bond donors (Lipinski definition) is 0. The molecule has 0 heterocycles. The highest BCUT2D eigenvalue weighted by Crippen LogP contribution is 2.10. The summed E-state index contributed by atoms with van der Waals surface area (Å²) in [5.74, 6) is 0. The van der Waals surface area contributed by atoms with Crippen molar-refractivity contribution in [3.05, 3.63) is 36.6 Å². The molecule has 0 aromatic rings. The lowest BCUT2D eigenvalue weighted by molar-refractivity contribution is 0.329. The number of nitrogens with zero attached hydrogens (tertiary/aromatic N) is 2. The minimum Gasteiger partial charge on any atom is -0.412 e. The van der Waals surface area contributed by atoms with Gasteiger partial charge in [-0.2, -0.15) is 0 Å². The summed E-state index contributed by atoms with van der Waals surface area (Å²) in [6.07, 6.45) is 3.77. The van der Waals surface area contributed by atoms with Gasteiger partial charge in [0.05, 0.1) is 0 Å². The number of likely N-dealkylation sites (N-methyl/N-ethyl adjacent to an activating group) is 2. The number of allylic oxidation sites excluding steroid dienone is 3. The van der Waals surface area contributed by atoms with Gasteiger partial charge in [0.1, 0.15) is 0 Å². The maximum absolute atomic E-state index is 4.04. The van der Waals surface area contributed by atoms with Crippen LogP contribution in [0.25, 0.3) is 0 Å². The fourth-order valence-corrected chi connectivity index (χ4v) is 1.06. The Morgan fingerprint density at radius 2 is 1.73 bits per heavy atom. The van der Waals surface area contributed by atoms with Crippen LogP contribution in [0.3, 0.4) is 0 Å². The molecule has 0 bridgehead atoms. The maximum atomic E-state index is 4.04. The summed E-state index contributed by atoms with van der Waals surface area (Å²) in [6.45, 7) is 11.8. The van der Waals surface area contributed by atoms with E-state index in [9.17, 15) is 0 Å². The van der Waals surface area contributed by atoms with Crippen LogP contribution >= 0.6 is 0 Å². The third kappa shape index (κ3) is 6.94. The van der Waals surface area contributed by atoms with E-state index < -0.39 is 0 Å². The minimum absolute atomic E-state index is 0. The van der Waals surface area contributed by atoms with Crippen molar-refractivity contribution in [3.8, 4) is 0 Å². The van der Waals surface area contributed by atoms with Gasteiger partial charge in [0.25, 0.3) is 0 Å². The Balaban J connectivity index is 0. The Hall–Kier alpha value is -1.06. The van der Waals surface area contributed by atoms with E-state index in [0.717, 1.165) is 18.8 Å². The summed E-state index contributed by atoms with van der Waals surface area (Å²) in [6, 6.07) is 0. The van der Waals surface area contributed by atoms with Crippen LogP contribution in [0.1, 0.15) is 6.92 Å². The van der Waals surface area contributed by atoms with Crippen LogP contribution in [0.5, 0.6) is 0 Å². The van der Waals surface area contributed by atoms with Crippen LogP contribution in [0.15, 0.2) is 36.6 Å². The van der Waals surface area contributed by atoms with Crippen molar-refractivity contribution in [1.29, 1.82) is 0 Å². The van der Waals surface area contributed by atoms with Crippen LogP contribution in [-0.2, 0) is 0 Å². The molecular weight excluding hydrogens is 188 g/mol. The van der Waals surface area contributed by atoms with Crippen molar-refractivity contribution in [2.24, 2.45) is 0 Å². The smallest absolute Gasteiger partial charge is 0.0320 e.